The fourth-order valence-corrected chi connectivity index (χ4v) is 10.4. The third-order valence-electron chi connectivity index (χ3n) is 15.5. The first-order chi connectivity index (χ1) is 36.0. The number of hydrogen-bond acceptors (Lipinski definition) is 5. The molecule has 6 heteroatoms. The first-order valence-corrected chi connectivity index (χ1v) is 33.1. The molecule has 0 saturated carbocycles. The van der Waals surface area contributed by atoms with Gasteiger partial charge in [-0.05, 0) is 51.4 Å². The molecule has 0 aliphatic rings. The highest BCUT2D eigenvalue weighted by atomic mass is 16.5. The van der Waals surface area contributed by atoms with Gasteiger partial charge in [-0.15, -0.1) is 0 Å². The smallest absolute Gasteiger partial charge is 0.305 e. The van der Waals surface area contributed by atoms with Crippen LogP contribution in [0.15, 0.2) is 24.3 Å². The van der Waals surface area contributed by atoms with Gasteiger partial charge in [-0.1, -0.05) is 327 Å². The molecule has 1 amide bonds. The van der Waals surface area contributed by atoms with Crippen LogP contribution >= 0.6 is 0 Å². The summed E-state index contributed by atoms with van der Waals surface area (Å²) < 4.78 is 5.46. The lowest BCUT2D eigenvalue weighted by molar-refractivity contribution is -0.143. The molecule has 0 aliphatic carbocycles. The Morgan fingerprint density at radius 1 is 0.370 bits per heavy atom. The van der Waals surface area contributed by atoms with Gasteiger partial charge in [-0.3, -0.25) is 9.59 Å². The number of rotatable bonds is 62. The summed E-state index contributed by atoms with van der Waals surface area (Å²) in [5.74, 6) is -0.0604. The van der Waals surface area contributed by atoms with Crippen molar-refractivity contribution in [3.63, 3.8) is 0 Å². The SMILES string of the molecule is CCCC/C=C\CCCCCCCC(=O)OCCCCCCCCCCCCCCCCCCCCCCCCCC(=O)NC(CO)C(O)/C=C/CCCCCCCCCCCCCCCCCCCCCC. The van der Waals surface area contributed by atoms with Crippen molar-refractivity contribution in [3.05, 3.63) is 24.3 Å². The molecule has 0 aromatic carbocycles. The molecular weight excluding hydrogens is 899 g/mol. The second kappa shape index (κ2) is 62.9. The van der Waals surface area contributed by atoms with E-state index in [1.165, 1.54) is 295 Å². The van der Waals surface area contributed by atoms with E-state index in [9.17, 15) is 19.8 Å². The zero-order valence-corrected chi connectivity index (χ0v) is 49.4. The lowest BCUT2D eigenvalue weighted by Crippen LogP contribution is -2.45. The van der Waals surface area contributed by atoms with Crippen LogP contribution in [0, 0.1) is 0 Å². The molecule has 0 aliphatic heterocycles. The van der Waals surface area contributed by atoms with Crippen LogP contribution in [0.2, 0.25) is 0 Å². The van der Waals surface area contributed by atoms with Gasteiger partial charge in [0.2, 0.25) is 5.91 Å². The van der Waals surface area contributed by atoms with E-state index < -0.39 is 12.1 Å². The molecule has 0 heterocycles. The molecule has 2 atom stereocenters. The second-order valence-corrected chi connectivity index (χ2v) is 22.8. The Labute approximate surface area is 456 Å². The molecule has 0 radical (unpaired) electrons. The molecule has 6 nitrogen and oxygen atoms in total. The first kappa shape index (κ1) is 71.3. The molecule has 2 unspecified atom stereocenters. The standard InChI is InChI=1S/C67H129NO5/c1-3-5-7-9-11-13-15-16-17-18-19-20-24-27-30-33-36-40-43-47-51-55-59-65(70)64(63-69)68-66(71)60-56-52-48-44-41-37-34-31-28-25-22-21-23-26-29-32-35-38-42-46-50-54-58-62-73-67(72)61-57-53-49-45-39-14-12-10-8-6-4-2/h10,12,55,59,64-65,69-70H,3-9,11,13-54,56-58,60-63H2,1-2H3,(H,68,71)/b12-10-,59-55+. The van der Waals surface area contributed by atoms with Crippen molar-refractivity contribution in [2.24, 2.45) is 0 Å². The maximum absolute atomic E-state index is 12.5. The van der Waals surface area contributed by atoms with Gasteiger partial charge in [0.25, 0.3) is 0 Å². The molecule has 3 N–H and O–H groups in total. The minimum absolute atomic E-state index is 0.00331. The number of amides is 1. The fraction of sp³-hybridized carbons (Fsp3) is 0.910. The third kappa shape index (κ3) is 59.4. The highest BCUT2D eigenvalue weighted by Crippen LogP contribution is 2.18. The molecule has 0 saturated heterocycles. The van der Waals surface area contributed by atoms with E-state index in [0.717, 1.165) is 44.9 Å². The van der Waals surface area contributed by atoms with Crippen molar-refractivity contribution >= 4 is 11.9 Å². The van der Waals surface area contributed by atoms with Crippen LogP contribution in [0.5, 0.6) is 0 Å². The van der Waals surface area contributed by atoms with E-state index in [2.05, 4.69) is 31.3 Å². The maximum atomic E-state index is 12.5. The van der Waals surface area contributed by atoms with Crippen LogP contribution in [-0.4, -0.2) is 47.4 Å². The average molecular weight is 1030 g/mol. The number of unbranched alkanes of at least 4 members (excludes halogenated alkanes) is 49. The Bertz CT molecular complexity index is 1140. The second-order valence-electron chi connectivity index (χ2n) is 22.8. The van der Waals surface area contributed by atoms with Crippen LogP contribution in [0.1, 0.15) is 367 Å². The molecular formula is C67H129NO5. The van der Waals surface area contributed by atoms with Crippen LogP contribution in [0.4, 0.5) is 0 Å². The summed E-state index contributed by atoms with van der Waals surface area (Å²) in [4.78, 5) is 24.5. The van der Waals surface area contributed by atoms with Crippen LogP contribution in [0.3, 0.4) is 0 Å². The summed E-state index contributed by atoms with van der Waals surface area (Å²) in [7, 11) is 0. The van der Waals surface area contributed by atoms with E-state index >= 15 is 0 Å². The van der Waals surface area contributed by atoms with Gasteiger partial charge in [0.15, 0.2) is 0 Å². The number of aliphatic hydroxyl groups is 2. The van der Waals surface area contributed by atoms with Crippen molar-refractivity contribution < 1.29 is 24.5 Å². The number of hydrogen-bond donors (Lipinski definition) is 3. The Kier molecular flexibility index (Phi) is 61.4. The Hall–Kier alpha value is -1.66. The summed E-state index contributed by atoms with van der Waals surface area (Å²) in [6.07, 6.45) is 78.1. The lowest BCUT2D eigenvalue weighted by Gasteiger charge is -2.20. The molecule has 0 rings (SSSR count). The predicted octanol–water partition coefficient (Wildman–Crippen LogP) is 21.0. The summed E-state index contributed by atoms with van der Waals surface area (Å²) in [6, 6.07) is -0.628. The van der Waals surface area contributed by atoms with Gasteiger partial charge >= 0.3 is 5.97 Å². The lowest BCUT2D eigenvalue weighted by atomic mass is 10.0. The van der Waals surface area contributed by atoms with Gasteiger partial charge in [0, 0.05) is 12.8 Å². The first-order valence-electron chi connectivity index (χ1n) is 33.1. The number of carbonyl (C=O) groups excluding carboxylic acids is 2. The summed E-state index contributed by atoms with van der Waals surface area (Å²) >= 11 is 0. The number of esters is 1. The maximum Gasteiger partial charge on any atom is 0.305 e. The van der Waals surface area contributed by atoms with E-state index in [-0.39, 0.29) is 18.5 Å². The molecule has 0 spiro atoms. The van der Waals surface area contributed by atoms with Crippen LogP contribution in [-0.2, 0) is 14.3 Å². The van der Waals surface area contributed by atoms with Crippen molar-refractivity contribution in [1.82, 2.24) is 5.32 Å². The molecule has 73 heavy (non-hydrogen) atoms. The van der Waals surface area contributed by atoms with E-state index in [4.69, 9.17) is 4.74 Å². The van der Waals surface area contributed by atoms with Gasteiger partial charge in [0.1, 0.15) is 0 Å². The van der Waals surface area contributed by atoms with Gasteiger partial charge in [-0.2, -0.15) is 0 Å². The Balaban J connectivity index is 3.41. The zero-order chi connectivity index (χ0) is 52.9. The minimum atomic E-state index is -0.845. The highest BCUT2D eigenvalue weighted by Gasteiger charge is 2.18. The minimum Gasteiger partial charge on any atom is -0.466 e. The number of aliphatic hydroxyl groups excluding tert-OH is 2. The summed E-state index contributed by atoms with van der Waals surface area (Å²) in [5, 5.41) is 23.2. The van der Waals surface area contributed by atoms with Gasteiger partial charge < -0.3 is 20.3 Å². The van der Waals surface area contributed by atoms with Crippen molar-refractivity contribution in [2.45, 2.75) is 379 Å². The zero-order valence-electron chi connectivity index (χ0n) is 49.4. The van der Waals surface area contributed by atoms with Crippen molar-refractivity contribution in [2.75, 3.05) is 13.2 Å². The molecule has 0 aromatic rings. The predicted molar refractivity (Wildman–Crippen MR) is 320 cm³/mol. The topological polar surface area (TPSA) is 95.9 Å². The van der Waals surface area contributed by atoms with E-state index in [1.807, 2.05) is 6.08 Å². The van der Waals surface area contributed by atoms with Gasteiger partial charge in [0.05, 0.1) is 25.4 Å². The van der Waals surface area contributed by atoms with Crippen LogP contribution < -0.4 is 5.32 Å². The summed E-state index contributed by atoms with van der Waals surface area (Å²) in [6.45, 7) is 4.89. The average Bonchev–Trinajstić information content (AvgIpc) is 3.39. The van der Waals surface area contributed by atoms with Crippen molar-refractivity contribution in [1.29, 1.82) is 0 Å². The van der Waals surface area contributed by atoms with E-state index in [0.29, 0.717) is 19.4 Å². The number of ether oxygens (including phenoxy) is 1. The quantitative estimate of drug-likeness (QED) is 0.0320. The molecule has 0 fully saturated rings. The van der Waals surface area contributed by atoms with E-state index in [1.54, 1.807) is 6.08 Å². The molecule has 0 aromatic heterocycles. The molecule has 0 bridgehead atoms. The van der Waals surface area contributed by atoms with Gasteiger partial charge in [-0.25, -0.2) is 0 Å². The van der Waals surface area contributed by atoms with Crippen molar-refractivity contribution in [3.8, 4) is 0 Å². The number of nitrogens with one attached hydrogen (secondary N) is 1. The third-order valence-corrected chi connectivity index (χ3v) is 15.5. The monoisotopic (exact) mass is 1030 g/mol. The highest BCUT2D eigenvalue weighted by molar-refractivity contribution is 5.76. The number of allylic oxidation sites excluding steroid dienone is 3. The normalized spacial score (nSPS) is 12.7. The Morgan fingerprint density at radius 3 is 1.01 bits per heavy atom. The largest absolute Gasteiger partial charge is 0.466 e. The fourth-order valence-electron chi connectivity index (χ4n) is 10.4. The van der Waals surface area contributed by atoms with Crippen LogP contribution in [0.25, 0.3) is 0 Å². The molecule has 432 valence electrons. The Morgan fingerprint density at radius 2 is 0.658 bits per heavy atom. The number of carbonyl (C=O) groups is 2. The summed E-state index contributed by atoms with van der Waals surface area (Å²) in [5.41, 5.74) is 0.